The topological polar surface area (TPSA) is 84.7 Å². The van der Waals surface area contributed by atoms with Crippen LogP contribution in [-0.2, 0) is 11.3 Å². The molecule has 0 aliphatic rings. The second kappa shape index (κ2) is 6.27. The first kappa shape index (κ1) is 15.8. The van der Waals surface area contributed by atoms with Crippen LogP contribution in [0.5, 0.6) is 0 Å². The quantitative estimate of drug-likeness (QED) is 0.889. The third-order valence-electron chi connectivity index (χ3n) is 2.46. The SMILES string of the molecule is CN(C(N)=O)c1cccc(CNC(=O)OC(C)(C)C)c1. The van der Waals surface area contributed by atoms with Gasteiger partial charge in [-0.3, -0.25) is 4.90 Å². The molecule has 0 unspecified atom stereocenters. The molecule has 1 aromatic rings. The number of primary amides is 1. The number of nitrogens with two attached hydrogens (primary N) is 1. The van der Waals surface area contributed by atoms with Crippen LogP contribution in [0.15, 0.2) is 24.3 Å². The fraction of sp³-hybridized carbons (Fsp3) is 0.429. The average Bonchev–Trinajstić information content (AvgIpc) is 2.33. The van der Waals surface area contributed by atoms with Gasteiger partial charge in [0, 0.05) is 19.3 Å². The third kappa shape index (κ3) is 5.17. The summed E-state index contributed by atoms with van der Waals surface area (Å²) in [6, 6.07) is 6.64. The number of hydrogen-bond donors (Lipinski definition) is 2. The van der Waals surface area contributed by atoms with Crippen molar-refractivity contribution in [2.75, 3.05) is 11.9 Å². The van der Waals surface area contributed by atoms with Gasteiger partial charge in [-0.1, -0.05) is 12.1 Å². The minimum absolute atomic E-state index is 0.315. The summed E-state index contributed by atoms with van der Waals surface area (Å²) < 4.78 is 5.14. The minimum Gasteiger partial charge on any atom is -0.444 e. The molecule has 0 aliphatic carbocycles. The second-order valence-corrected chi connectivity index (χ2v) is 5.42. The first-order valence-corrected chi connectivity index (χ1v) is 6.28. The lowest BCUT2D eigenvalue weighted by Crippen LogP contribution is -2.33. The fourth-order valence-electron chi connectivity index (χ4n) is 1.49. The maximum atomic E-state index is 11.5. The highest BCUT2D eigenvalue weighted by atomic mass is 16.6. The van der Waals surface area contributed by atoms with Crippen LogP contribution < -0.4 is 16.0 Å². The van der Waals surface area contributed by atoms with Crippen molar-refractivity contribution in [1.82, 2.24) is 5.32 Å². The largest absolute Gasteiger partial charge is 0.444 e. The molecule has 1 rings (SSSR count). The number of benzene rings is 1. The standard InChI is InChI=1S/C14H21N3O3/c1-14(2,3)20-13(19)16-9-10-6-5-7-11(8-10)17(4)12(15)18/h5-8H,9H2,1-4H3,(H2,15,18)(H,16,19). The zero-order valence-electron chi connectivity index (χ0n) is 12.3. The van der Waals surface area contributed by atoms with Gasteiger partial charge < -0.3 is 15.8 Å². The number of amides is 3. The van der Waals surface area contributed by atoms with Crippen LogP contribution in [0, 0.1) is 0 Å². The van der Waals surface area contributed by atoms with Gasteiger partial charge in [0.05, 0.1) is 0 Å². The van der Waals surface area contributed by atoms with Crippen LogP contribution in [0.3, 0.4) is 0 Å². The number of alkyl carbamates (subject to hydrolysis) is 1. The van der Waals surface area contributed by atoms with Crippen LogP contribution >= 0.6 is 0 Å². The van der Waals surface area contributed by atoms with E-state index in [1.807, 2.05) is 6.07 Å². The summed E-state index contributed by atoms with van der Waals surface area (Å²) in [4.78, 5) is 24.0. The first-order chi connectivity index (χ1) is 9.19. The van der Waals surface area contributed by atoms with Crippen molar-refractivity contribution in [2.24, 2.45) is 5.73 Å². The van der Waals surface area contributed by atoms with Gasteiger partial charge in [-0.05, 0) is 38.5 Å². The predicted octanol–water partition coefficient (Wildman–Crippen LogP) is 2.23. The fourth-order valence-corrected chi connectivity index (χ4v) is 1.49. The molecule has 0 heterocycles. The first-order valence-electron chi connectivity index (χ1n) is 6.28. The Kier molecular flexibility index (Phi) is 4.96. The van der Waals surface area contributed by atoms with Crippen molar-refractivity contribution in [3.05, 3.63) is 29.8 Å². The molecule has 0 spiro atoms. The zero-order chi connectivity index (χ0) is 15.3. The molecule has 110 valence electrons. The van der Waals surface area contributed by atoms with Crippen LogP contribution in [0.2, 0.25) is 0 Å². The molecule has 6 nitrogen and oxygen atoms in total. The van der Waals surface area contributed by atoms with Gasteiger partial charge in [0.25, 0.3) is 0 Å². The minimum atomic E-state index is -0.540. The van der Waals surface area contributed by atoms with E-state index in [1.165, 1.54) is 4.90 Å². The molecule has 0 atom stereocenters. The van der Waals surface area contributed by atoms with Gasteiger partial charge in [0.15, 0.2) is 0 Å². The van der Waals surface area contributed by atoms with Crippen molar-refractivity contribution in [2.45, 2.75) is 32.9 Å². The molecule has 0 fully saturated rings. The highest BCUT2D eigenvalue weighted by Crippen LogP contribution is 2.14. The van der Waals surface area contributed by atoms with Crippen LogP contribution in [0.4, 0.5) is 15.3 Å². The molecule has 3 N–H and O–H groups in total. The van der Waals surface area contributed by atoms with Crippen molar-refractivity contribution in [1.29, 1.82) is 0 Å². The Labute approximate surface area is 118 Å². The van der Waals surface area contributed by atoms with Gasteiger partial charge in [0.1, 0.15) is 5.60 Å². The number of carbonyl (C=O) groups excluding carboxylic acids is 2. The van der Waals surface area contributed by atoms with Gasteiger partial charge in [-0.25, -0.2) is 9.59 Å². The Morgan fingerprint density at radius 2 is 2.00 bits per heavy atom. The number of rotatable bonds is 3. The number of carbonyl (C=O) groups is 2. The molecule has 0 radical (unpaired) electrons. The van der Waals surface area contributed by atoms with Gasteiger partial charge in [-0.2, -0.15) is 0 Å². The Morgan fingerprint density at radius 1 is 1.35 bits per heavy atom. The smallest absolute Gasteiger partial charge is 0.407 e. The van der Waals surface area contributed by atoms with E-state index in [2.05, 4.69) is 5.32 Å². The highest BCUT2D eigenvalue weighted by Gasteiger charge is 2.15. The van der Waals surface area contributed by atoms with E-state index in [4.69, 9.17) is 10.5 Å². The maximum Gasteiger partial charge on any atom is 0.407 e. The summed E-state index contributed by atoms with van der Waals surface area (Å²) in [7, 11) is 1.59. The molecule has 1 aromatic carbocycles. The molecular weight excluding hydrogens is 258 g/mol. The van der Waals surface area contributed by atoms with Crippen LogP contribution in [0.25, 0.3) is 0 Å². The summed E-state index contributed by atoms with van der Waals surface area (Å²) in [6.45, 7) is 5.72. The molecule has 0 saturated heterocycles. The van der Waals surface area contributed by atoms with Crippen molar-refractivity contribution >= 4 is 17.8 Å². The number of nitrogens with one attached hydrogen (secondary N) is 1. The maximum absolute atomic E-state index is 11.5. The van der Waals surface area contributed by atoms with E-state index >= 15 is 0 Å². The Hall–Kier alpha value is -2.24. The van der Waals surface area contributed by atoms with Crippen molar-refractivity contribution < 1.29 is 14.3 Å². The molecule has 0 bridgehead atoms. The molecule has 20 heavy (non-hydrogen) atoms. The lowest BCUT2D eigenvalue weighted by Gasteiger charge is -2.20. The van der Waals surface area contributed by atoms with Crippen LogP contribution in [-0.4, -0.2) is 24.8 Å². The Bertz CT molecular complexity index is 495. The summed E-state index contributed by atoms with van der Waals surface area (Å²) in [6.07, 6.45) is -0.480. The molecule has 0 saturated carbocycles. The number of hydrogen-bond acceptors (Lipinski definition) is 3. The molecular formula is C14H21N3O3. The normalized spacial score (nSPS) is 10.8. The number of ether oxygens (including phenoxy) is 1. The average molecular weight is 279 g/mol. The van der Waals surface area contributed by atoms with E-state index in [0.717, 1.165) is 5.56 Å². The Balaban J connectivity index is 2.63. The number of urea groups is 1. The molecule has 0 aromatic heterocycles. The van der Waals surface area contributed by atoms with Gasteiger partial charge in [0.2, 0.25) is 0 Å². The molecule has 0 aliphatic heterocycles. The monoisotopic (exact) mass is 279 g/mol. The lowest BCUT2D eigenvalue weighted by atomic mass is 10.2. The second-order valence-electron chi connectivity index (χ2n) is 5.42. The molecule has 6 heteroatoms. The summed E-state index contributed by atoms with van der Waals surface area (Å²) in [5, 5.41) is 2.66. The lowest BCUT2D eigenvalue weighted by molar-refractivity contribution is 0.0523. The summed E-state index contributed by atoms with van der Waals surface area (Å²) in [5.41, 5.74) is 6.19. The van der Waals surface area contributed by atoms with Gasteiger partial charge in [-0.15, -0.1) is 0 Å². The van der Waals surface area contributed by atoms with Crippen molar-refractivity contribution in [3.8, 4) is 0 Å². The summed E-state index contributed by atoms with van der Waals surface area (Å²) in [5.74, 6) is 0. The zero-order valence-corrected chi connectivity index (χ0v) is 12.3. The Morgan fingerprint density at radius 3 is 2.55 bits per heavy atom. The van der Waals surface area contributed by atoms with E-state index in [9.17, 15) is 9.59 Å². The molecule has 3 amide bonds. The third-order valence-corrected chi connectivity index (χ3v) is 2.46. The predicted molar refractivity (Wildman–Crippen MR) is 77.5 cm³/mol. The van der Waals surface area contributed by atoms with Gasteiger partial charge >= 0.3 is 12.1 Å². The highest BCUT2D eigenvalue weighted by molar-refractivity contribution is 5.90. The van der Waals surface area contributed by atoms with Crippen molar-refractivity contribution in [3.63, 3.8) is 0 Å². The number of nitrogens with zero attached hydrogens (tertiary/aromatic N) is 1. The van der Waals surface area contributed by atoms with E-state index in [0.29, 0.717) is 12.2 Å². The van der Waals surface area contributed by atoms with Crippen LogP contribution in [0.1, 0.15) is 26.3 Å². The van der Waals surface area contributed by atoms with E-state index < -0.39 is 17.7 Å². The number of anilines is 1. The summed E-state index contributed by atoms with van der Waals surface area (Å²) >= 11 is 0. The van der Waals surface area contributed by atoms with E-state index in [1.54, 1.807) is 46.0 Å². The van der Waals surface area contributed by atoms with E-state index in [-0.39, 0.29) is 0 Å².